The number of carbonyl (C=O) groups excluding carboxylic acids is 1. The summed E-state index contributed by atoms with van der Waals surface area (Å²) in [4.78, 5) is 17.5. The SMILES string of the molecule is COc1ccccc1N1C(=NC(=O)CCl)S[C@H]2CS(=O)(=O)C[C@@H]21. The minimum absolute atomic E-state index is 0.0385. The van der Waals surface area contributed by atoms with E-state index >= 15 is 0 Å². The van der Waals surface area contributed by atoms with Crippen LogP contribution in [0.1, 0.15) is 0 Å². The predicted molar refractivity (Wildman–Crippen MR) is 92.5 cm³/mol. The number of carbonyl (C=O) groups is 1. The first-order valence-corrected chi connectivity index (χ1v) is 10.2. The normalized spacial score (nSPS) is 27.2. The molecule has 0 saturated carbocycles. The van der Waals surface area contributed by atoms with Crippen LogP contribution in [-0.2, 0) is 14.6 Å². The zero-order valence-electron chi connectivity index (χ0n) is 12.3. The highest BCUT2D eigenvalue weighted by Crippen LogP contribution is 2.43. The van der Waals surface area contributed by atoms with Crippen LogP contribution in [0.15, 0.2) is 29.3 Å². The number of hydrogen-bond acceptors (Lipinski definition) is 5. The van der Waals surface area contributed by atoms with Crippen LogP contribution in [0.3, 0.4) is 0 Å². The van der Waals surface area contributed by atoms with E-state index < -0.39 is 15.7 Å². The van der Waals surface area contributed by atoms with Crippen molar-refractivity contribution in [1.82, 2.24) is 0 Å². The molecule has 2 aliphatic heterocycles. The van der Waals surface area contributed by atoms with Crippen LogP contribution in [0, 0.1) is 0 Å². The second-order valence-electron chi connectivity index (χ2n) is 5.26. The first-order valence-electron chi connectivity index (χ1n) is 6.92. The first-order chi connectivity index (χ1) is 10.9. The van der Waals surface area contributed by atoms with Gasteiger partial charge in [0.2, 0.25) is 0 Å². The number of thioether (sulfide) groups is 1. The number of aliphatic imine (C=N–C) groups is 1. The number of alkyl halides is 1. The number of sulfone groups is 1. The highest BCUT2D eigenvalue weighted by Gasteiger charge is 2.49. The molecule has 2 fully saturated rings. The van der Waals surface area contributed by atoms with Gasteiger partial charge in [-0.3, -0.25) is 4.79 Å². The first kappa shape index (κ1) is 16.6. The summed E-state index contributed by atoms with van der Waals surface area (Å²) in [5.41, 5.74) is 0.702. The van der Waals surface area contributed by atoms with Crippen molar-refractivity contribution in [2.24, 2.45) is 4.99 Å². The number of rotatable bonds is 3. The van der Waals surface area contributed by atoms with Crippen LogP contribution in [0.5, 0.6) is 5.75 Å². The molecule has 2 aliphatic rings. The standard InChI is InChI=1S/C14H15ClN2O4S2/c1-21-11-5-3-2-4-9(11)17-10-7-23(19,20)8-12(10)22-14(17)16-13(18)6-15/h2-5,10,12H,6-8H2,1H3/t10-,12-/m0/s1. The maximum atomic E-state index is 12.0. The molecule has 0 bridgehead atoms. The number of halogens is 1. The maximum Gasteiger partial charge on any atom is 0.262 e. The fourth-order valence-corrected chi connectivity index (χ4v) is 6.80. The highest BCUT2D eigenvalue weighted by molar-refractivity contribution is 8.16. The molecule has 0 aromatic heterocycles. The molecule has 0 unspecified atom stereocenters. The quantitative estimate of drug-likeness (QED) is 0.747. The zero-order chi connectivity index (χ0) is 16.6. The molecule has 1 amide bonds. The van der Waals surface area contributed by atoms with Crippen LogP contribution < -0.4 is 9.64 Å². The number of amidine groups is 1. The van der Waals surface area contributed by atoms with Gasteiger partial charge in [-0.05, 0) is 12.1 Å². The summed E-state index contributed by atoms with van der Waals surface area (Å²) in [6.45, 7) is 0. The lowest BCUT2D eigenvalue weighted by Crippen LogP contribution is -2.38. The van der Waals surface area contributed by atoms with E-state index in [1.54, 1.807) is 18.1 Å². The Bertz CT molecular complexity index is 766. The fourth-order valence-electron chi connectivity index (χ4n) is 2.81. The number of ether oxygens (including phenoxy) is 1. The van der Waals surface area contributed by atoms with E-state index in [0.29, 0.717) is 16.6 Å². The van der Waals surface area contributed by atoms with E-state index in [9.17, 15) is 13.2 Å². The van der Waals surface area contributed by atoms with Crippen molar-refractivity contribution in [3.63, 3.8) is 0 Å². The van der Waals surface area contributed by atoms with Gasteiger partial charge in [-0.2, -0.15) is 4.99 Å². The predicted octanol–water partition coefficient (Wildman–Crippen LogP) is 1.54. The summed E-state index contributed by atoms with van der Waals surface area (Å²) in [6.07, 6.45) is 0. The second-order valence-corrected chi connectivity index (χ2v) is 8.89. The lowest BCUT2D eigenvalue weighted by molar-refractivity contribution is -0.115. The number of para-hydroxylation sites is 2. The Hall–Kier alpha value is -1.25. The average molecular weight is 375 g/mol. The van der Waals surface area contributed by atoms with Crippen molar-refractivity contribution in [2.45, 2.75) is 11.3 Å². The molecule has 2 heterocycles. The molecule has 1 aromatic rings. The molecule has 2 saturated heterocycles. The third-order valence-corrected chi connectivity index (χ3v) is 7.18. The van der Waals surface area contributed by atoms with Gasteiger partial charge in [0.05, 0.1) is 30.3 Å². The lowest BCUT2D eigenvalue weighted by atomic mass is 10.2. The molecular formula is C14H15ClN2O4S2. The molecule has 9 heteroatoms. The summed E-state index contributed by atoms with van der Waals surface area (Å²) in [6, 6.07) is 7.02. The van der Waals surface area contributed by atoms with Crippen LogP contribution >= 0.6 is 23.4 Å². The average Bonchev–Trinajstić information content (AvgIpc) is 2.98. The lowest BCUT2D eigenvalue weighted by Gasteiger charge is -2.26. The van der Waals surface area contributed by atoms with Gasteiger partial charge < -0.3 is 9.64 Å². The van der Waals surface area contributed by atoms with Crippen molar-refractivity contribution in [3.8, 4) is 5.75 Å². The van der Waals surface area contributed by atoms with Crippen molar-refractivity contribution >= 4 is 50.0 Å². The number of fused-ring (bicyclic) bond motifs is 1. The number of methoxy groups -OCH3 is 1. The number of benzene rings is 1. The number of anilines is 1. The minimum Gasteiger partial charge on any atom is -0.495 e. The third kappa shape index (κ3) is 3.20. The van der Waals surface area contributed by atoms with E-state index in [1.807, 2.05) is 18.2 Å². The Morgan fingerprint density at radius 2 is 2.17 bits per heavy atom. The topological polar surface area (TPSA) is 76.0 Å². The Kier molecular flexibility index (Phi) is 4.57. The Morgan fingerprint density at radius 3 is 2.87 bits per heavy atom. The molecule has 0 spiro atoms. The number of amides is 1. The molecule has 1 aromatic carbocycles. The van der Waals surface area contributed by atoms with Crippen molar-refractivity contribution < 1.29 is 17.9 Å². The van der Waals surface area contributed by atoms with Crippen molar-refractivity contribution in [1.29, 1.82) is 0 Å². The molecular weight excluding hydrogens is 360 g/mol. The van der Waals surface area contributed by atoms with Gasteiger partial charge in [0.1, 0.15) is 11.6 Å². The van der Waals surface area contributed by atoms with Gasteiger partial charge in [-0.1, -0.05) is 23.9 Å². The van der Waals surface area contributed by atoms with Crippen LogP contribution in [-0.4, -0.2) is 55.3 Å². The monoisotopic (exact) mass is 374 g/mol. The number of hydrogen-bond donors (Lipinski definition) is 0. The van der Waals surface area contributed by atoms with Crippen molar-refractivity contribution in [2.75, 3.05) is 29.4 Å². The van der Waals surface area contributed by atoms with Gasteiger partial charge in [0.15, 0.2) is 15.0 Å². The molecule has 0 radical (unpaired) electrons. The van der Waals surface area contributed by atoms with Crippen LogP contribution in [0.4, 0.5) is 5.69 Å². The highest BCUT2D eigenvalue weighted by atomic mass is 35.5. The van der Waals surface area contributed by atoms with E-state index in [-0.39, 0.29) is 28.7 Å². The van der Waals surface area contributed by atoms with Gasteiger partial charge in [0.25, 0.3) is 5.91 Å². The summed E-state index contributed by atoms with van der Waals surface area (Å²) in [5.74, 6) is 0.0667. The number of nitrogens with zero attached hydrogens (tertiary/aromatic N) is 2. The van der Waals surface area contributed by atoms with E-state index in [2.05, 4.69) is 4.99 Å². The molecule has 2 atom stereocenters. The molecule has 3 rings (SSSR count). The Morgan fingerprint density at radius 1 is 1.43 bits per heavy atom. The summed E-state index contributed by atoms with van der Waals surface area (Å²) >= 11 is 6.85. The van der Waals surface area contributed by atoms with Crippen molar-refractivity contribution in [3.05, 3.63) is 24.3 Å². The maximum absolute atomic E-state index is 12.0. The van der Waals surface area contributed by atoms with Gasteiger partial charge in [-0.25, -0.2) is 8.42 Å². The minimum atomic E-state index is -3.09. The Labute approximate surface area is 143 Å². The molecule has 0 N–H and O–H groups in total. The summed E-state index contributed by atoms with van der Waals surface area (Å²) < 4.78 is 29.3. The summed E-state index contributed by atoms with van der Waals surface area (Å²) in [7, 11) is -1.55. The largest absolute Gasteiger partial charge is 0.495 e. The van der Waals surface area contributed by atoms with Crippen LogP contribution in [0.25, 0.3) is 0 Å². The van der Waals surface area contributed by atoms with Crippen LogP contribution in [0.2, 0.25) is 0 Å². The molecule has 0 aliphatic carbocycles. The zero-order valence-corrected chi connectivity index (χ0v) is 14.7. The van der Waals surface area contributed by atoms with E-state index in [4.69, 9.17) is 16.3 Å². The Balaban J connectivity index is 2.07. The second kappa shape index (κ2) is 6.33. The van der Waals surface area contributed by atoms with Gasteiger partial charge in [0, 0.05) is 5.25 Å². The fraction of sp³-hybridized carbons (Fsp3) is 0.429. The van der Waals surface area contributed by atoms with E-state index in [1.165, 1.54) is 11.8 Å². The third-order valence-electron chi connectivity index (χ3n) is 3.75. The molecule has 23 heavy (non-hydrogen) atoms. The van der Waals surface area contributed by atoms with Gasteiger partial charge >= 0.3 is 0 Å². The summed E-state index contributed by atoms with van der Waals surface area (Å²) in [5, 5.41) is 0.330. The van der Waals surface area contributed by atoms with Gasteiger partial charge in [-0.15, -0.1) is 11.6 Å². The molecule has 6 nitrogen and oxygen atoms in total. The smallest absolute Gasteiger partial charge is 0.262 e. The van der Waals surface area contributed by atoms with E-state index in [0.717, 1.165) is 0 Å². The molecule has 124 valence electrons.